The zero-order valence-electron chi connectivity index (χ0n) is 11.1. The van der Waals surface area contributed by atoms with Crippen molar-refractivity contribution < 1.29 is 19.4 Å². The SMILES string of the molecule is NC(Cc1ccc(O)cc1)C(=O)Nc1ccc(O)c(F)c1. The largest absolute Gasteiger partial charge is 0.508 e. The van der Waals surface area contributed by atoms with E-state index in [0.29, 0.717) is 0 Å². The molecule has 0 radical (unpaired) electrons. The Kier molecular flexibility index (Phi) is 4.39. The number of carbonyl (C=O) groups excluding carboxylic acids is 1. The Hall–Kier alpha value is -2.60. The highest BCUT2D eigenvalue weighted by Gasteiger charge is 2.15. The van der Waals surface area contributed by atoms with Gasteiger partial charge in [0.25, 0.3) is 0 Å². The topological polar surface area (TPSA) is 95.6 Å². The summed E-state index contributed by atoms with van der Waals surface area (Å²) in [6.07, 6.45) is 0.284. The summed E-state index contributed by atoms with van der Waals surface area (Å²) in [4.78, 5) is 11.9. The number of phenolic OH excluding ortho intramolecular Hbond substituents is 2. The molecule has 5 N–H and O–H groups in total. The third kappa shape index (κ3) is 3.93. The molecule has 0 saturated heterocycles. The monoisotopic (exact) mass is 290 g/mol. The summed E-state index contributed by atoms with van der Waals surface area (Å²) in [6.45, 7) is 0. The molecule has 0 saturated carbocycles. The lowest BCUT2D eigenvalue weighted by Crippen LogP contribution is -2.37. The molecule has 5 nitrogen and oxygen atoms in total. The van der Waals surface area contributed by atoms with Crippen molar-refractivity contribution in [3.63, 3.8) is 0 Å². The Morgan fingerprint density at radius 1 is 1.19 bits per heavy atom. The van der Waals surface area contributed by atoms with Crippen molar-refractivity contribution in [1.29, 1.82) is 0 Å². The number of halogens is 1. The minimum Gasteiger partial charge on any atom is -0.508 e. The molecule has 6 heteroatoms. The summed E-state index contributed by atoms with van der Waals surface area (Å²) >= 11 is 0. The lowest BCUT2D eigenvalue weighted by atomic mass is 10.1. The van der Waals surface area contributed by atoms with E-state index in [4.69, 9.17) is 10.8 Å². The summed E-state index contributed by atoms with van der Waals surface area (Å²) in [5, 5.41) is 20.7. The van der Waals surface area contributed by atoms with Crippen LogP contribution >= 0.6 is 0 Å². The van der Waals surface area contributed by atoms with E-state index in [2.05, 4.69) is 5.32 Å². The molecule has 0 bridgehead atoms. The van der Waals surface area contributed by atoms with Crippen LogP contribution in [0.4, 0.5) is 10.1 Å². The van der Waals surface area contributed by atoms with Crippen LogP contribution in [-0.2, 0) is 11.2 Å². The molecule has 110 valence electrons. The van der Waals surface area contributed by atoms with Gasteiger partial charge in [-0.3, -0.25) is 4.79 Å². The van der Waals surface area contributed by atoms with E-state index < -0.39 is 23.5 Å². The molecule has 2 aromatic carbocycles. The summed E-state index contributed by atoms with van der Waals surface area (Å²) in [5.74, 6) is -1.63. The van der Waals surface area contributed by atoms with Crippen LogP contribution in [0.25, 0.3) is 0 Å². The maximum absolute atomic E-state index is 13.2. The summed E-state index contributed by atoms with van der Waals surface area (Å²) in [7, 11) is 0. The predicted molar refractivity (Wildman–Crippen MR) is 76.5 cm³/mol. The lowest BCUT2D eigenvalue weighted by molar-refractivity contribution is -0.117. The zero-order valence-corrected chi connectivity index (χ0v) is 11.1. The number of rotatable bonds is 4. The van der Waals surface area contributed by atoms with Crippen molar-refractivity contribution in [2.24, 2.45) is 5.73 Å². The fourth-order valence-corrected chi connectivity index (χ4v) is 1.80. The average Bonchev–Trinajstić information content (AvgIpc) is 2.45. The Balaban J connectivity index is 1.98. The maximum Gasteiger partial charge on any atom is 0.241 e. The third-order valence-electron chi connectivity index (χ3n) is 2.94. The molecule has 0 spiro atoms. The van der Waals surface area contributed by atoms with Crippen LogP contribution in [0.15, 0.2) is 42.5 Å². The van der Waals surface area contributed by atoms with Crippen molar-refractivity contribution >= 4 is 11.6 Å². The van der Waals surface area contributed by atoms with Crippen LogP contribution in [0.1, 0.15) is 5.56 Å². The number of phenols is 2. The Morgan fingerprint density at radius 3 is 2.48 bits per heavy atom. The molecule has 0 aliphatic rings. The van der Waals surface area contributed by atoms with Gasteiger partial charge in [0.05, 0.1) is 6.04 Å². The Labute approximate surface area is 120 Å². The Bertz CT molecular complexity index is 644. The molecule has 2 aromatic rings. The van der Waals surface area contributed by atoms with Crippen LogP contribution < -0.4 is 11.1 Å². The van der Waals surface area contributed by atoms with Gasteiger partial charge in [-0.15, -0.1) is 0 Å². The molecule has 0 aromatic heterocycles. The fraction of sp³-hybridized carbons (Fsp3) is 0.133. The van der Waals surface area contributed by atoms with Gasteiger partial charge >= 0.3 is 0 Å². The van der Waals surface area contributed by atoms with Gasteiger partial charge in [0.2, 0.25) is 5.91 Å². The van der Waals surface area contributed by atoms with Crippen molar-refractivity contribution in [1.82, 2.24) is 0 Å². The second kappa shape index (κ2) is 6.23. The number of nitrogens with one attached hydrogen (secondary N) is 1. The summed E-state index contributed by atoms with van der Waals surface area (Å²) in [6, 6.07) is 9.09. The first-order valence-electron chi connectivity index (χ1n) is 6.28. The van der Waals surface area contributed by atoms with Gasteiger partial charge in [-0.05, 0) is 36.2 Å². The van der Waals surface area contributed by atoms with E-state index in [1.807, 2.05) is 0 Å². The van der Waals surface area contributed by atoms with Gasteiger partial charge in [-0.1, -0.05) is 12.1 Å². The van der Waals surface area contributed by atoms with Crippen LogP contribution in [0, 0.1) is 5.82 Å². The van der Waals surface area contributed by atoms with Gasteiger partial charge in [0.1, 0.15) is 5.75 Å². The number of aromatic hydroxyl groups is 2. The smallest absolute Gasteiger partial charge is 0.241 e. The standard InChI is InChI=1S/C15H15FN2O3/c16-12-8-10(3-6-14(12)20)18-15(21)13(17)7-9-1-4-11(19)5-2-9/h1-6,8,13,19-20H,7,17H2,(H,18,21). The van der Waals surface area contributed by atoms with E-state index in [1.54, 1.807) is 12.1 Å². The van der Waals surface area contributed by atoms with Crippen molar-refractivity contribution in [3.8, 4) is 11.5 Å². The molecule has 0 aliphatic carbocycles. The minimum absolute atomic E-state index is 0.136. The van der Waals surface area contributed by atoms with Crippen molar-refractivity contribution in [2.45, 2.75) is 12.5 Å². The van der Waals surface area contributed by atoms with Gasteiger partial charge in [0.15, 0.2) is 11.6 Å². The van der Waals surface area contributed by atoms with E-state index in [1.165, 1.54) is 18.2 Å². The normalized spacial score (nSPS) is 11.9. The van der Waals surface area contributed by atoms with E-state index in [-0.39, 0.29) is 17.9 Å². The quantitative estimate of drug-likeness (QED) is 0.645. The number of carbonyl (C=O) groups is 1. The van der Waals surface area contributed by atoms with E-state index in [9.17, 15) is 14.3 Å². The molecule has 0 fully saturated rings. The van der Waals surface area contributed by atoms with Gasteiger partial charge < -0.3 is 21.3 Å². The fourth-order valence-electron chi connectivity index (χ4n) is 1.80. The first-order chi connectivity index (χ1) is 9.95. The molecule has 2 rings (SSSR count). The molecule has 1 unspecified atom stereocenters. The van der Waals surface area contributed by atoms with Gasteiger partial charge in [0, 0.05) is 11.8 Å². The number of nitrogens with two attached hydrogens (primary N) is 1. The van der Waals surface area contributed by atoms with Crippen LogP contribution in [-0.4, -0.2) is 22.2 Å². The molecule has 0 heterocycles. The second-order valence-corrected chi connectivity index (χ2v) is 4.63. The zero-order chi connectivity index (χ0) is 15.4. The number of anilines is 1. The van der Waals surface area contributed by atoms with E-state index >= 15 is 0 Å². The molecule has 21 heavy (non-hydrogen) atoms. The first kappa shape index (κ1) is 14.8. The molecular formula is C15H15FN2O3. The minimum atomic E-state index is -0.820. The van der Waals surface area contributed by atoms with E-state index in [0.717, 1.165) is 17.7 Å². The molecule has 0 aliphatic heterocycles. The number of hydrogen-bond acceptors (Lipinski definition) is 4. The second-order valence-electron chi connectivity index (χ2n) is 4.63. The number of amides is 1. The van der Waals surface area contributed by atoms with Crippen molar-refractivity contribution in [3.05, 3.63) is 53.8 Å². The molecular weight excluding hydrogens is 275 g/mol. The number of benzene rings is 2. The third-order valence-corrected chi connectivity index (χ3v) is 2.94. The van der Waals surface area contributed by atoms with Gasteiger partial charge in [-0.25, -0.2) is 4.39 Å². The van der Waals surface area contributed by atoms with Gasteiger partial charge in [-0.2, -0.15) is 0 Å². The van der Waals surface area contributed by atoms with Crippen molar-refractivity contribution in [2.75, 3.05) is 5.32 Å². The number of hydrogen-bond donors (Lipinski definition) is 4. The maximum atomic E-state index is 13.2. The first-order valence-corrected chi connectivity index (χ1v) is 6.28. The highest BCUT2D eigenvalue weighted by Crippen LogP contribution is 2.19. The lowest BCUT2D eigenvalue weighted by Gasteiger charge is -2.12. The predicted octanol–water partition coefficient (Wildman–Crippen LogP) is 1.75. The highest BCUT2D eigenvalue weighted by molar-refractivity contribution is 5.94. The molecule has 1 amide bonds. The summed E-state index contributed by atoms with van der Waals surface area (Å²) < 4.78 is 13.2. The average molecular weight is 290 g/mol. The van der Waals surface area contributed by atoms with Crippen LogP contribution in [0.5, 0.6) is 11.5 Å². The van der Waals surface area contributed by atoms with Crippen LogP contribution in [0.2, 0.25) is 0 Å². The molecule has 1 atom stereocenters. The van der Waals surface area contributed by atoms with Crippen LogP contribution in [0.3, 0.4) is 0 Å². The summed E-state index contributed by atoms with van der Waals surface area (Å²) in [5.41, 5.74) is 6.80. The highest BCUT2D eigenvalue weighted by atomic mass is 19.1. The Morgan fingerprint density at radius 2 is 1.86 bits per heavy atom.